The molecule has 1 heterocycles. The maximum atomic E-state index is 12.8. The van der Waals surface area contributed by atoms with Crippen molar-refractivity contribution >= 4 is 11.6 Å². The molecule has 0 saturated heterocycles. The minimum atomic E-state index is -4.74. The van der Waals surface area contributed by atoms with Gasteiger partial charge in [-0.1, -0.05) is 54.5 Å². The number of amides is 1. The summed E-state index contributed by atoms with van der Waals surface area (Å²) in [4.78, 5) is 17.4. The lowest BCUT2D eigenvalue weighted by Gasteiger charge is -2.10. The summed E-state index contributed by atoms with van der Waals surface area (Å²) in [5, 5.41) is 11.8. The molecule has 2 rings (SSSR count). The van der Waals surface area contributed by atoms with Gasteiger partial charge in [0.05, 0.1) is 6.54 Å². The first-order valence-corrected chi connectivity index (χ1v) is 11.7. The summed E-state index contributed by atoms with van der Waals surface area (Å²) in [6.45, 7) is 4.63. The summed E-state index contributed by atoms with van der Waals surface area (Å²) in [5.74, 6) is -0.582. The first kappa shape index (κ1) is 28.1. The number of ether oxygens (including phenoxy) is 1. The fraction of sp³-hybridized carbons (Fsp3) is 0.407. The van der Waals surface area contributed by atoms with Gasteiger partial charge in [-0.05, 0) is 43.4 Å². The van der Waals surface area contributed by atoms with Crippen molar-refractivity contribution in [1.82, 2.24) is 5.32 Å². The fourth-order valence-corrected chi connectivity index (χ4v) is 3.57. The van der Waals surface area contributed by atoms with Crippen LogP contribution in [0, 0.1) is 0 Å². The average molecular weight is 491 g/mol. The number of unbranched alkanes of at least 4 members (excludes halogenated alkanes) is 2. The summed E-state index contributed by atoms with van der Waals surface area (Å²) in [6.07, 6.45) is 10.4. The molecule has 0 unspecified atom stereocenters. The number of alkyl halides is 3. The van der Waals surface area contributed by atoms with Crippen molar-refractivity contribution in [3.63, 3.8) is 0 Å². The number of halogens is 3. The highest BCUT2D eigenvalue weighted by Crippen LogP contribution is 2.23. The predicted molar refractivity (Wildman–Crippen MR) is 132 cm³/mol. The lowest BCUT2D eigenvalue weighted by atomic mass is 9.99. The molecule has 1 aromatic rings. The van der Waals surface area contributed by atoms with E-state index in [0.717, 1.165) is 37.8 Å². The van der Waals surface area contributed by atoms with Crippen molar-refractivity contribution in [2.45, 2.75) is 57.9 Å². The quantitative estimate of drug-likeness (QED) is 0.296. The van der Waals surface area contributed by atoms with Crippen molar-refractivity contribution in [3.8, 4) is 5.75 Å². The van der Waals surface area contributed by atoms with E-state index in [4.69, 9.17) is 5.11 Å². The largest absolute Gasteiger partial charge is 0.573 e. The molecular weight excluding hydrogens is 457 g/mol. The smallest absolute Gasteiger partial charge is 0.406 e. The van der Waals surface area contributed by atoms with Crippen LogP contribution in [0.25, 0.3) is 0 Å². The fourth-order valence-electron chi connectivity index (χ4n) is 3.57. The first-order chi connectivity index (χ1) is 16.8. The predicted octanol–water partition coefficient (Wildman–Crippen LogP) is 5.97. The molecule has 0 bridgehead atoms. The summed E-state index contributed by atoms with van der Waals surface area (Å²) in [7, 11) is 0. The van der Waals surface area contributed by atoms with Gasteiger partial charge < -0.3 is 15.2 Å². The number of aliphatic hydroxyl groups excluding tert-OH is 1. The lowest BCUT2D eigenvalue weighted by Crippen LogP contribution is -2.24. The third kappa shape index (κ3) is 11.7. The van der Waals surface area contributed by atoms with Crippen LogP contribution in [0.2, 0.25) is 0 Å². The molecule has 0 aliphatic carbocycles. The van der Waals surface area contributed by atoms with Crippen molar-refractivity contribution in [2.24, 2.45) is 4.99 Å². The Hall–Kier alpha value is -3.13. The Morgan fingerprint density at radius 2 is 1.94 bits per heavy atom. The van der Waals surface area contributed by atoms with Gasteiger partial charge in [0.2, 0.25) is 0 Å². The third-order valence-electron chi connectivity index (χ3n) is 5.30. The third-order valence-corrected chi connectivity index (χ3v) is 5.30. The van der Waals surface area contributed by atoms with Crippen LogP contribution in [0.3, 0.4) is 0 Å². The highest BCUT2D eigenvalue weighted by Gasteiger charge is 2.30. The number of hydrogen-bond donors (Lipinski definition) is 2. The van der Waals surface area contributed by atoms with Gasteiger partial charge in [-0.2, -0.15) is 0 Å². The second kappa shape index (κ2) is 15.0. The van der Waals surface area contributed by atoms with Crippen LogP contribution in [0.5, 0.6) is 5.75 Å². The second-order valence-corrected chi connectivity index (χ2v) is 8.15. The van der Waals surface area contributed by atoms with Gasteiger partial charge in [0.1, 0.15) is 5.75 Å². The molecule has 8 heteroatoms. The Labute approximate surface area is 204 Å². The number of allylic oxidation sites excluding steroid dienone is 4. The molecule has 1 aliphatic heterocycles. The molecule has 35 heavy (non-hydrogen) atoms. The molecule has 1 amide bonds. The minimum Gasteiger partial charge on any atom is -0.406 e. The standard InChI is InChI=1S/C27H33F3N2O3/c1-2-8-24-19-21(9-4-3-5-18-33)10-6-11-23(12-7-17-31-24)26(34)32-20-22-13-15-25(16-14-22)35-27(28,29)30/h2,7,10-16,33H,1,3-6,8-9,17-20H2,(H,32,34)/b12-7-,21-10-,23-11+,31-24?. The molecule has 0 spiro atoms. The van der Waals surface area contributed by atoms with Crippen LogP contribution in [0.1, 0.15) is 50.5 Å². The highest BCUT2D eigenvalue weighted by molar-refractivity contribution is 5.96. The number of hydrogen-bond acceptors (Lipinski definition) is 4. The van der Waals surface area contributed by atoms with Crippen LogP contribution in [0.4, 0.5) is 13.2 Å². The summed E-state index contributed by atoms with van der Waals surface area (Å²) < 4.78 is 40.8. The maximum Gasteiger partial charge on any atom is 0.573 e. The van der Waals surface area contributed by atoms with E-state index in [1.807, 2.05) is 18.2 Å². The molecular formula is C27H33F3N2O3. The zero-order valence-corrected chi connectivity index (χ0v) is 19.8. The van der Waals surface area contributed by atoms with Crippen LogP contribution >= 0.6 is 0 Å². The van der Waals surface area contributed by atoms with Crippen molar-refractivity contribution in [2.75, 3.05) is 13.2 Å². The van der Waals surface area contributed by atoms with Crippen LogP contribution in [-0.4, -0.2) is 36.2 Å². The molecule has 0 atom stereocenters. The number of nitrogens with zero attached hydrogens (tertiary/aromatic N) is 1. The molecule has 5 nitrogen and oxygen atoms in total. The first-order valence-electron chi connectivity index (χ1n) is 11.7. The summed E-state index contributed by atoms with van der Waals surface area (Å²) in [5.41, 5.74) is 3.45. The normalized spacial score (nSPS) is 18.7. The van der Waals surface area contributed by atoms with E-state index in [2.05, 4.69) is 27.7 Å². The second-order valence-electron chi connectivity index (χ2n) is 8.15. The Morgan fingerprint density at radius 3 is 2.63 bits per heavy atom. The van der Waals surface area contributed by atoms with E-state index in [0.29, 0.717) is 30.5 Å². The maximum absolute atomic E-state index is 12.8. The van der Waals surface area contributed by atoms with E-state index in [1.54, 1.807) is 6.08 Å². The summed E-state index contributed by atoms with van der Waals surface area (Å²) in [6, 6.07) is 5.38. The van der Waals surface area contributed by atoms with Gasteiger partial charge in [-0.25, -0.2) is 0 Å². The van der Waals surface area contributed by atoms with Crippen LogP contribution in [-0.2, 0) is 11.3 Å². The topological polar surface area (TPSA) is 70.9 Å². The van der Waals surface area contributed by atoms with Crippen molar-refractivity contribution in [3.05, 3.63) is 77.9 Å². The number of carbonyl (C=O) groups excluding carboxylic acids is 1. The number of aliphatic imine (C=N–C) groups is 1. The molecule has 0 fully saturated rings. The van der Waals surface area contributed by atoms with Crippen molar-refractivity contribution in [1.29, 1.82) is 0 Å². The molecule has 0 radical (unpaired) electrons. The Balaban J connectivity index is 2.04. The molecule has 2 N–H and O–H groups in total. The monoisotopic (exact) mass is 490 g/mol. The van der Waals surface area contributed by atoms with Gasteiger partial charge >= 0.3 is 6.36 Å². The van der Waals surface area contributed by atoms with Crippen molar-refractivity contribution < 1.29 is 27.8 Å². The van der Waals surface area contributed by atoms with E-state index >= 15 is 0 Å². The Morgan fingerprint density at radius 1 is 1.17 bits per heavy atom. The van der Waals surface area contributed by atoms with E-state index in [1.165, 1.54) is 29.8 Å². The number of aliphatic hydroxyl groups is 1. The molecule has 0 saturated carbocycles. The number of carbonyl (C=O) groups is 1. The van der Waals surface area contributed by atoms with Gasteiger partial charge in [0, 0.05) is 37.3 Å². The molecule has 190 valence electrons. The molecule has 0 aromatic heterocycles. The lowest BCUT2D eigenvalue weighted by molar-refractivity contribution is -0.274. The van der Waals surface area contributed by atoms with Gasteiger partial charge in [0.15, 0.2) is 0 Å². The Bertz CT molecular complexity index is 945. The zero-order chi connectivity index (χ0) is 25.5. The molecule has 1 aliphatic rings. The van der Waals surface area contributed by atoms with E-state index in [-0.39, 0.29) is 24.8 Å². The number of rotatable bonds is 11. The zero-order valence-electron chi connectivity index (χ0n) is 19.8. The van der Waals surface area contributed by atoms with Gasteiger partial charge in [-0.15, -0.1) is 19.8 Å². The summed E-state index contributed by atoms with van der Waals surface area (Å²) >= 11 is 0. The van der Waals surface area contributed by atoms with E-state index in [9.17, 15) is 18.0 Å². The SMILES string of the molecule is C=CCC1=NC/C=C\C(C(=O)NCc2ccc(OC(F)(F)F)cc2)=C/C/C=C(/CCCCCO)C1. The highest BCUT2D eigenvalue weighted by atomic mass is 19.4. The van der Waals surface area contributed by atoms with E-state index < -0.39 is 6.36 Å². The van der Waals surface area contributed by atoms with Gasteiger partial charge in [-0.3, -0.25) is 9.79 Å². The van der Waals surface area contributed by atoms with Gasteiger partial charge in [0.25, 0.3) is 5.91 Å². The van der Waals surface area contributed by atoms with Crippen LogP contribution in [0.15, 0.2) is 77.4 Å². The number of benzene rings is 1. The van der Waals surface area contributed by atoms with Crippen LogP contribution < -0.4 is 10.1 Å². The minimum absolute atomic E-state index is 0.171. The molecule has 1 aromatic carbocycles. The number of nitrogens with one attached hydrogen (secondary N) is 1. The average Bonchev–Trinajstić information content (AvgIpc) is 2.85. The Kier molecular flexibility index (Phi) is 12.0.